The van der Waals surface area contributed by atoms with Crippen molar-refractivity contribution in [1.29, 1.82) is 0 Å². The highest BCUT2D eigenvalue weighted by Gasteiger charge is 2.48. The van der Waals surface area contributed by atoms with E-state index in [0.29, 0.717) is 19.8 Å². The molecule has 0 bridgehead atoms. The summed E-state index contributed by atoms with van der Waals surface area (Å²) in [5, 5.41) is 10.00. The predicted molar refractivity (Wildman–Crippen MR) is 103 cm³/mol. The first kappa shape index (κ1) is 17.4. The molecule has 1 aromatic heterocycles. The van der Waals surface area contributed by atoms with Crippen molar-refractivity contribution in [3.05, 3.63) is 72.6 Å². The van der Waals surface area contributed by atoms with E-state index in [1.807, 2.05) is 60.8 Å². The molecule has 28 heavy (non-hydrogen) atoms. The number of rotatable bonds is 5. The zero-order chi connectivity index (χ0) is 18.9. The second kappa shape index (κ2) is 7.39. The zero-order valence-electron chi connectivity index (χ0n) is 15.3. The number of hydrogen-bond donors (Lipinski definition) is 1. The summed E-state index contributed by atoms with van der Waals surface area (Å²) >= 11 is 0. The molecule has 4 atom stereocenters. The standard InChI is InChI=1S/C22H22N2O4/c25-19-14-28-20-18(13-27-21(19)20)24-10-9-23-22(24)16-7-4-8-17(11-16)26-12-15-5-2-1-3-6-15/h1-11,18-21,25H,12-14H2/t18-,19+,20+,21+/m0/s1. The Labute approximate surface area is 163 Å². The molecule has 0 spiro atoms. The van der Waals surface area contributed by atoms with Gasteiger partial charge in [-0.15, -0.1) is 0 Å². The Kier molecular flexibility index (Phi) is 4.60. The van der Waals surface area contributed by atoms with Gasteiger partial charge in [0.2, 0.25) is 0 Å². The van der Waals surface area contributed by atoms with Gasteiger partial charge in [0.25, 0.3) is 0 Å². The summed E-state index contributed by atoms with van der Waals surface area (Å²) in [6, 6.07) is 18.0. The van der Waals surface area contributed by atoms with Gasteiger partial charge in [0.15, 0.2) is 0 Å². The maximum Gasteiger partial charge on any atom is 0.140 e. The van der Waals surface area contributed by atoms with Gasteiger partial charge in [0, 0.05) is 18.0 Å². The van der Waals surface area contributed by atoms with Crippen LogP contribution in [0.3, 0.4) is 0 Å². The molecule has 2 aromatic carbocycles. The largest absolute Gasteiger partial charge is 0.489 e. The second-order valence-corrected chi connectivity index (χ2v) is 7.19. The van der Waals surface area contributed by atoms with Crippen LogP contribution in [0, 0.1) is 0 Å². The van der Waals surface area contributed by atoms with Gasteiger partial charge in [0.05, 0.1) is 19.3 Å². The van der Waals surface area contributed by atoms with Crippen LogP contribution in [0.4, 0.5) is 0 Å². The Morgan fingerprint density at radius 2 is 1.89 bits per heavy atom. The lowest BCUT2D eigenvalue weighted by molar-refractivity contribution is 0.0172. The van der Waals surface area contributed by atoms with Gasteiger partial charge < -0.3 is 23.9 Å². The van der Waals surface area contributed by atoms with Crippen LogP contribution in [0.5, 0.6) is 5.75 Å². The van der Waals surface area contributed by atoms with E-state index in [1.54, 1.807) is 6.20 Å². The predicted octanol–water partition coefficient (Wildman–Crippen LogP) is 2.83. The first-order valence-corrected chi connectivity index (χ1v) is 9.51. The van der Waals surface area contributed by atoms with E-state index < -0.39 is 6.10 Å². The minimum absolute atomic E-state index is 0.00598. The normalized spacial score (nSPS) is 26.3. The SMILES string of the molecule is O[C@@H]1CO[C@H]2[C@@H]1OC[C@@H]2n1ccnc1-c1cccc(OCc2ccccc2)c1. The van der Waals surface area contributed by atoms with Gasteiger partial charge in [-0.1, -0.05) is 42.5 Å². The average Bonchev–Trinajstić information content (AvgIpc) is 3.45. The monoisotopic (exact) mass is 378 g/mol. The van der Waals surface area contributed by atoms with Crippen LogP contribution in [-0.4, -0.2) is 46.2 Å². The summed E-state index contributed by atoms with van der Waals surface area (Å²) in [5.74, 6) is 1.63. The molecule has 2 saturated heterocycles. The summed E-state index contributed by atoms with van der Waals surface area (Å²) < 4.78 is 19.6. The third kappa shape index (κ3) is 3.20. The van der Waals surface area contributed by atoms with Gasteiger partial charge in [-0.3, -0.25) is 0 Å². The van der Waals surface area contributed by atoms with Crippen molar-refractivity contribution in [2.24, 2.45) is 0 Å². The smallest absolute Gasteiger partial charge is 0.140 e. The van der Waals surface area contributed by atoms with Crippen LogP contribution >= 0.6 is 0 Å². The molecule has 6 nitrogen and oxygen atoms in total. The topological polar surface area (TPSA) is 65.7 Å². The molecule has 0 saturated carbocycles. The number of nitrogens with zero attached hydrogens (tertiary/aromatic N) is 2. The minimum atomic E-state index is -0.559. The molecule has 2 fully saturated rings. The number of benzene rings is 2. The highest BCUT2D eigenvalue weighted by Crippen LogP contribution is 2.36. The van der Waals surface area contributed by atoms with Crippen LogP contribution in [0.1, 0.15) is 11.6 Å². The number of imidazole rings is 1. The molecule has 0 radical (unpaired) electrons. The summed E-state index contributed by atoms with van der Waals surface area (Å²) in [4.78, 5) is 4.56. The Morgan fingerprint density at radius 3 is 2.79 bits per heavy atom. The molecule has 2 aliphatic heterocycles. The van der Waals surface area contributed by atoms with E-state index >= 15 is 0 Å². The van der Waals surface area contributed by atoms with Crippen LogP contribution < -0.4 is 4.74 Å². The van der Waals surface area contributed by atoms with E-state index in [4.69, 9.17) is 14.2 Å². The summed E-state index contributed by atoms with van der Waals surface area (Å²) in [6.45, 7) is 1.34. The van der Waals surface area contributed by atoms with Crippen molar-refractivity contribution >= 4 is 0 Å². The lowest BCUT2D eigenvalue weighted by atomic mass is 10.1. The van der Waals surface area contributed by atoms with Crippen molar-refractivity contribution in [1.82, 2.24) is 9.55 Å². The van der Waals surface area contributed by atoms with E-state index in [2.05, 4.69) is 9.55 Å². The van der Waals surface area contributed by atoms with Crippen molar-refractivity contribution in [2.75, 3.05) is 13.2 Å². The molecule has 3 aromatic rings. The Morgan fingerprint density at radius 1 is 1.04 bits per heavy atom. The van der Waals surface area contributed by atoms with Crippen molar-refractivity contribution < 1.29 is 19.3 Å². The maximum atomic E-state index is 10.00. The van der Waals surface area contributed by atoms with Gasteiger partial charge in [-0.2, -0.15) is 0 Å². The van der Waals surface area contributed by atoms with Gasteiger partial charge >= 0.3 is 0 Å². The van der Waals surface area contributed by atoms with Gasteiger partial charge in [-0.25, -0.2) is 4.98 Å². The Balaban J connectivity index is 1.37. The fourth-order valence-electron chi connectivity index (χ4n) is 3.97. The van der Waals surface area contributed by atoms with E-state index in [0.717, 1.165) is 22.7 Å². The third-order valence-corrected chi connectivity index (χ3v) is 5.37. The van der Waals surface area contributed by atoms with E-state index in [1.165, 1.54) is 0 Å². The number of aliphatic hydroxyl groups excluding tert-OH is 1. The van der Waals surface area contributed by atoms with Crippen molar-refractivity contribution in [3.63, 3.8) is 0 Å². The molecule has 144 valence electrons. The number of aliphatic hydroxyl groups is 1. The first-order chi connectivity index (χ1) is 13.8. The molecule has 3 heterocycles. The summed E-state index contributed by atoms with van der Waals surface area (Å²) in [5.41, 5.74) is 2.10. The average molecular weight is 378 g/mol. The molecule has 0 amide bonds. The van der Waals surface area contributed by atoms with Crippen molar-refractivity contribution in [3.8, 4) is 17.1 Å². The molecular weight excluding hydrogens is 356 g/mol. The fraction of sp³-hybridized carbons (Fsp3) is 0.318. The highest BCUT2D eigenvalue weighted by atomic mass is 16.6. The Bertz CT molecular complexity index is 942. The highest BCUT2D eigenvalue weighted by molar-refractivity contribution is 5.58. The molecule has 6 heteroatoms. The van der Waals surface area contributed by atoms with Gasteiger partial charge in [-0.05, 0) is 17.7 Å². The first-order valence-electron chi connectivity index (χ1n) is 9.51. The molecular formula is C22H22N2O4. The van der Waals surface area contributed by atoms with Crippen LogP contribution in [0.25, 0.3) is 11.4 Å². The van der Waals surface area contributed by atoms with E-state index in [9.17, 15) is 5.11 Å². The Hall–Kier alpha value is -2.67. The van der Waals surface area contributed by atoms with Crippen LogP contribution in [0.2, 0.25) is 0 Å². The number of aromatic nitrogens is 2. The van der Waals surface area contributed by atoms with Crippen LogP contribution in [0.15, 0.2) is 67.0 Å². The minimum Gasteiger partial charge on any atom is -0.489 e. The van der Waals surface area contributed by atoms with Gasteiger partial charge in [0.1, 0.15) is 36.5 Å². The van der Waals surface area contributed by atoms with E-state index in [-0.39, 0.29) is 18.2 Å². The lowest BCUT2D eigenvalue weighted by Gasteiger charge is -2.20. The second-order valence-electron chi connectivity index (χ2n) is 7.19. The summed E-state index contributed by atoms with van der Waals surface area (Å²) in [7, 11) is 0. The third-order valence-electron chi connectivity index (χ3n) is 5.37. The lowest BCUT2D eigenvalue weighted by Crippen LogP contribution is -2.30. The molecule has 5 rings (SSSR count). The molecule has 0 unspecified atom stereocenters. The molecule has 1 N–H and O–H groups in total. The van der Waals surface area contributed by atoms with Crippen molar-refractivity contribution in [2.45, 2.75) is 31.0 Å². The molecule has 2 aliphatic rings. The molecule has 0 aliphatic carbocycles. The summed E-state index contributed by atoms with van der Waals surface area (Å²) in [6.07, 6.45) is 2.75. The number of ether oxygens (including phenoxy) is 3. The van der Waals surface area contributed by atoms with Crippen LogP contribution in [-0.2, 0) is 16.1 Å². The maximum absolute atomic E-state index is 10.00. The quantitative estimate of drug-likeness (QED) is 0.740. The fourth-order valence-corrected chi connectivity index (χ4v) is 3.97. The number of hydrogen-bond acceptors (Lipinski definition) is 5. The zero-order valence-corrected chi connectivity index (χ0v) is 15.3. The number of fused-ring (bicyclic) bond motifs is 1.